The zero-order valence-corrected chi connectivity index (χ0v) is 22.0. The molecule has 4 heterocycles. The molecule has 35 heavy (non-hydrogen) atoms. The Balaban J connectivity index is 1.40. The Morgan fingerprint density at radius 2 is 1.89 bits per heavy atom. The van der Waals surface area contributed by atoms with Crippen molar-refractivity contribution in [3.05, 3.63) is 70.9 Å². The number of rotatable bonds is 6. The molecule has 0 aliphatic carbocycles. The second-order valence-corrected chi connectivity index (χ2v) is 12.9. The number of benzene rings is 1. The van der Waals surface area contributed by atoms with E-state index in [-0.39, 0.29) is 11.8 Å². The molecule has 1 aliphatic heterocycles. The molecule has 3 aromatic heterocycles. The maximum Gasteiger partial charge on any atom is 0.252 e. The lowest BCUT2D eigenvalue weighted by molar-refractivity contribution is -0.123. The number of hydrogen-bond donors (Lipinski definition) is 0. The maximum absolute atomic E-state index is 13.8. The number of piperidine rings is 1. The highest BCUT2D eigenvalue weighted by atomic mass is 32.2. The van der Waals surface area contributed by atoms with Crippen molar-refractivity contribution in [3.63, 3.8) is 0 Å². The van der Waals surface area contributed by atoms with E-state index in [1.165, 1.54) is 32.5 Å². The number of sulfonamides is 1. The molecule has 0 atom stereocenters. The highest BCUT2D eigenvalue weighted by Crippen LogP contribution is 2.34. The van der Waals surface area contributed by atoms with Crippen molar-refractivity contribution >= 4 is 54.0 Å². The summed E-state index contributed by atoms with van der Waals surface area (Å²) >= 11 is 2.72. The molecule has 5 rings (SSSR count). The Kier molecular flexibility index (Phi) is 6.71. The molecule has 0 N–H and O–H groups in total. The molecule has 0 bridgehead atoms. The van der Waals surface area contributed by atoms with Gasteiger partial charge in [0.15, 0.2) is 5.13 Å². The van der Waals surface area contributed by atoms with Crippen molar-refractivity contribution in [2.45, 2.75) is 37.4 Å². The molecule has 1 aromatic carbocycles. The predicted molar refractivity (Wildman–Crippen MR) is 140 cm³/mol. The molecule has 0 spiro atoms. The molecule has 4 aromatic rings. The molecular formula is C25H26N4O3S3. The van der Waals surface area contributed by atoms with Gasteiger partial charge >= 0.3 is 0 Å². The first-order valence-electron chi connectivity index (χ1n) is 11.5. The minimum atomic E-state index is -3.51. The van der Waals surface area contributed by atoms with E-state index >= 15 is 0 Å². The van der Waals surface area contributed by atoms with Gasteiger partial charge in [-0.3, -0.25) is 14.7 Å². The first kappa shape index (κ1) is 24.1. The highest BCUT2D eigenvalue weighted by molar-refractivity contribution is 7.91. The maximum atomic E-state index is 13.8. The summed E-state index contributed by atoms with van der Waals surface area (Å²) in [5.74, 6) is -0.305. The molecule has 0 unspecified atom stereocenters. The van der Waals surface area contributed by atoms with E-state index in [4.69, 9.17) is 4.98 Å². The fourth-order valence-corrected chi connectivity index (χ4v) is 7.94. The van der Waals surface area contributed by atoms with E-state index in [1.807, 2.05) is 18.2 Å². The smallest absolute Gasteiger partial charge is 0.252 e. The number of hydrogen-bond acceptors (Lipinski definition) is 7. The Morgan fingerprint density at radius 1 is 1.11 bits per heavy atom. The third-order valence-electron chi connectivity index (χ3n) is 6.43. The first-order valence-corrected chi connectivity index (χ1v) is 14.6. The van der Waals surface area contributed by atoms with Gasteiger partial charge in [-0.2, -0.15) is 4.31 Å². The quantitative estimate of drug-likeness (QED) is 0.353. The molecule has 10 heteroatoms. The Hall–Kier alpha value is -2.66. The summed E-state index contributed by atoms with van der Waals surface area (Å²) in [5.41, 5.74) is 4.01. The number of carbonyl (C=O) groups excluding carboxylic acids is 1. The molecule has 0 radical (unpaired) electrons. The van der Waals surface area contributed by atoms with Gasteiger partial charge in [-0.1, -0.05) is 23.5 Å². The zero-order valence-electron chi connectivity index (χ0n) is 19.5. The van der Waals surface area contributed by atoms with Gasteiger partial charge in [-0.05, 0) is 73.5 Å². The zero-order chi connectivity index (χ0) is 24.6. The molecule has 182 valence electrons. The molecule has 7 nitrogen and oxygen atoms in total. The van der Waals surface area contributed by atoms with Crippen LogP contribution in [0.2, 0.25) is 0 Å². The van der Waals surface area contributed by atoms with Gasteiger partial charge in [0.2, 0.25) is 5.91 Å². The number of thiophene rings is 1. The van der Waals surface area contributed by atoms with E-state index in [9.17, 15) is 13.2 Å². The molecule has 1 saturated heterocycles. The minimum absolute atomic E-state index is 0.0312. The van der Waals surface area contributed by atoms with E-state index < -0.39 is 10.0 Å². The standard InChI is InChI=1S/C25H26N4O3S3/c1-17-14-21-22(15-18(17)2)34-25(27-21)29(16-20-6-3-4-10-26-20)24(30)19-8-11-28(12-9-19)35(31,32)23-7-5-13-33-23/h3-7,10,13-15,19H,8-9,11-12,16H2,1-2H3. The van der Waals surface area contributed by atoms with Crippen LogP contribution in [0, 0.1) is 19.8 Å². The van der Waals surface area contributed by atoms with Crippen molar-refractivity contribution in [2.75, 3.05) is 18.0 Å². The number of thiazole rings is 1. The Labute approximate surface area is 213 Å². The normalized spacial score (nSPS) is 15.5. The lowest BCUT2D eigenvalue weighted by atomic mass is 9.96. The second-order valence-electron chi connectivity index (χ2n) is 8.76. The van der Waals surface area contributed by atoms with Crippen molar-refractivity contribution in [1.82, 2.24) is 14.3 Å². The number of aryl methyl sites for hydroxylation is 2. The fourth-order valence-electron chi connectivity index (χ4n) is 4.28. The minimum Gasteiger partial charge on any atom is -0.282 e. The third-order valence-corrected chi connectivity index (χ3v) is 10.7. The van der Waals surface area contributed by atoms with E-state index in [0.29, 0.717) is 41.8 Å². The number of carbonyl (C=O) groups is 1. The second kappa shape index (κ2) is 9.77. The van der Waals surface area contributed by atoms with Crippen LogP contribution < -0.4 is 4.90 Å². The number of fused-ring (bicyclic) bond motifs is 1. The van der Waals surface area contributed by atoms with E-state index in [0.717, 1.165) is 21.5 Å². The number of aromatic nitrogens is 2. The van der Waals surface area contributed by atoms with Crippen LogP contribution in [0.25, 0.3) is 10.2 Å². The number of nitrogens with zero attached hydrogens (tertiary/aromatic N) is 4. The summed E-state index contributed by atoms with van der Waals surface area (Å²) in [5, 5.41) is 2.41. The van der Waals surface area contributed by atoms with Crippen LogP contribution in [-0.2, 0) is 21.4 Å². The monoisotopic (exact) mass is 526 g/mol. The van der Waals surface area contributed by atoms with Gasteiger partial charge in [0.1, 0.15) is 4.21 Å². The van der Waals surface area contributed by atoms with Crippen LogP contribution in [0.4, 0.5) is 5.13 Å². The predicted octanol–water partition coefficient (Wildman–Crippen LogP) is 5.00. The molecule has 1 amide bonds. The van der Waals surface area contributed by atoms with Gasteiger partial charge in [0.25, 0.3) is 10.0 Å². The number of pyridine rings is 1. The van der Waals surface area contributed by atoms with Crippen LogP contribution in [0.5, 0.6) is 0 Å². The number of anilines is 1. The molecular weight excluding hydrogens is 501 g/mol. The van der Waals surface area contributed by atoms with E-state index in [2.05, 4.69) is 31.0 Å². The average Bonchev–Trinajstić information content (AvgIpc) is 3.54. The van der Waals surface area contributed by atoms with Crippen molar-refractivity contribution < 1.29 is 13.2 Å². The summed E-state index contributed by atoms with van der Waals surface area (Å²) in [7, 11) is -3.51. The van der Waals surface area contributed by atoms with Crippen molar-refractivity contribution in [3.8, 4) is 0 Å². The average molecular weight is 527 g/mol. The lowest BCUT2D eigenvalue weighted by Gasteiger charge is -2.32. The van der Waals surface area contributed by atoms with Crippen LogP contribution in [-0.4, -0.2) is 41.7 Å². The number of amides is 1. The van der Waals surface area contributed by atoms with Crippen LogP contribution in [0.15, 0.2) is 58.3 Å². The molecule has 0 saturated carbocycles. The highest BCUT2D eigenvalue weighted by Gasteiger charge is 2.35. The lowest BCUT2D eigenvalue weighted by Crippen LogP contribution is -2.44. The van der Waals surface area contributed by atoms with E-state index in [1.54, 1.807) is 28.6 Å². The van der Waals surface area contributed by atoms with Gasteiger partial charge in [-0.15, -0.1) is 11.3 Å². The Bertz CT molecular complexity index is 1400. The summed E-state index contributed by atoms with van der Waals surface area (Å²) in [6.45, 7) is 5.11. The summed E-state index contributed by atoms with van der Waals surface area (Å²) in [6.07, 6.45) is 2.67. The van der Waals surface area contributed by atoms with Crippen LogP contribution >= 0.6 is 22.7 Å². The van der Waals surface area contributed by atoms with Gasteiger partial charge < -0.3 is 0 Å². The van der Waals surface area contributed by atoms with Gasteiger partial charge in [0, 0.05) is 25.2 Å². The molecule has 1 fully saturated rings. The first-order chi connectivity index (χ1) is 16.8. The third kappa shape index (κ3) is 4.88. The largest absolute Gasteiger partial charge is 0.282 e. The van der Waals surface area contributed by atoms with Crippen molar-refractivity contribution in [2.24, 2.45) is 5.92 Å². The van der Waals surface area contributed by atoms with Crippen LogP contribution in [0.3, 0.4) is 0 Å². The summed E-state index contributed by atoms with van der Waals surface area (Å²) < 4.78 is 28.7. The Morgan fingerprint density at radius 3 is 2.57 bits per heavy atom. The summed E-state index contributed by atoms with van der Waals surface area (Å²) in [4.78, 5) is 24.8. The SMILES string of the molecule is Cc1cc2nc(N(Cc3ccccn3)C(=O)C3CCN(S(=O)(=O)c4cccs4)CC3)sc2cc1C. The van der Waals surface area contributed by atoms with Gasteiger partial charge in [0.05, 0.1) is 22.5 Å². The summed E-state index contributed by atoms with van der Waals surface area (Å²) in [6, 6.07) is 13.2. The fraction of sp³-hybridized carbons (Fsp3) is 0.320. The van der Waals surface area contributed by atoms with Crippen LogP contribution in [0.1, 0.15) is 29.7 Å². The molecule has 1 aliphatic rings. The van der Waals surface area contributed by atoms with Gasteiger partial charge in [-0.25, -0.2) is 13.4 Å². The van der Waals surface area contributed by atoms with Crippen molar-refractivity contribution in [1.29, 1.82) is 0 Å². The topological polar surface area (TPSA) is 83.5 Å².